The van der Waals surface area contributed by atoms with Crippen molar-refractivity contribution in [1.29, 1.82) is 0 Å². The Kier molecular flexibility index (Phi) is 5.40. The molecular formula is C33H36N8O2. The van der Waals surface area contributed by atoms with Crippen molar-refractivity contribution in [3.8, 4) is 28.5 Å². The number of imidazole rings is 1. The molecule has 4 fully saturated rings. The van der Waals surface area contributed by atoms with Crippen LogP contribution in [0.2, 0.25) is 0 Å². The molecule has 10 nitrogen and oxygen atoms in total. The highest BCUT2D eigenvalue weighted by Gasteiger charge is 2.47. The fourth-order valence-corrected chi connectivity index (χ4v) is 7.49. The lowest BCUT2D eigenvalue weighted by Crippen LogP contribution is -2.41. The maximum atomic E-state index is 13.7. The Bertz CT molecular complexity index is 1930. The van der Waals surface area contributed by atoms with Gasteiger partial charge in [0.1, 0.15) is 16.9 Å². The van der Waals surface area contributed by atoms with Crippen molar-refractivity contribution < 1.29 is 9.53 Å². The second-order valence-electron chi connectivity index (χ2n) is 13.1. The second kappa shape index (κ2) is 9.16. The fraction of sp³-hybridized carbons (Fsp3) is 0.455. The monoisotopic (exact) mass is 576 g/mol. The number of ether oxygens (including phenoxy) is 1. The van der Waals surface area contributed by atoms with Crippen LogP contribution in [0.15, 0.2) is 42.7 Å². The lowest BCUT2D eigenvalue weighted by molar-refractivity contribution is 0.0700. The lowest BCUT2D eigenvalue weighted by Gasteiger charge is -2.27. The Hall–Kier alpha value is -4.18. The molecule has 1 aliphatic heterocycles. The van der Waals surface area contributed by atoms with E-state index in [-0.39, 0.29) is 18.0 Å². The van der Waals surface area contributed by atoms with Crippen LogP contribution in [0.1, 0.15) is 54.9 Å². The molecule has 43 heavy (non-hydrogen) atoms. The predicted molar refractivity (Wildman–Crippen MR) is 164 cm³/mol. The van der Waals surface area contributed by atoms with Gasteiger partial charge in [0.15, 0.2) is 5.82 Å². The normalized spacial score (nSPS) is 23.2. The standard InChI is InChI=1S/C33H36N8O2/c1-38-30-25(11-21(13-28(30)43-2)33(42)40-16-20-6-10-26(40)29(20)34)37-32(38)27-12-19-5-9-24(22-14-35-41(17-22)23-7-8-23)36-31(19)39(27)15-18-3-4-18/h5,9,11-14,17-18,20,23,26,29H,3-4,6-8,10,15-16,34H2,1-2H3/t20-,26-,29-/m1/s1. The summed E-state index contributed by atoms with van der Waals surface area (Å²) >= 11 is 0. The number of carbonyl (C=O) groups excluding carboxylic acids is 1. The van der Waals surface area contributed by atoms with Crippen molar-refractivity contribution in [2.45, 2.75) is 63.2 Å². The molecule has 220 valence electrons. The number of amides is 1. The topological polar surface area (TPSA) is 109 Å². The van der Waals surface area contributed by atoms with Crippen LogP contribution in [0.25, 0.3) is 44.8 Å². The smallest absolute Gasteiger partial charge is 0.254 e. The van der Waals surface area contributed by atoms with Gasteiger partial charge in [-0.15, -0.1) is 0 Å². The van der Waals surface area contributed by atoms with Crippen molar-refractivity contribution in [3.05, 3.63) is 48.3 Å². The van der Waals surface area contributed by atoms with Crippen LogP contribution in [0.3, 0.4) is 0 Å². The number of aryl methyl sites for hydroxylation is 1. The Labute approximate surface area is 249 Å². The van der Waals surface area contributed by atoms with Crippen LogP contribution in [0.5, 0.6) is 5.75 Å². The van der Waals surface area contributed by atoms with E-state index in [1.807, 2.05) is 30.3 Å². The van der Waals surface area contributed by atoms with E-state index in [2.05, 4.69) is 43.3 Å². The number of nitrogens with two attached hydrogens (primary N) is 1. The highest BCUT2D eigenvalue weighted by Crippen LogP contribution is 2.41. The van der Waals surface area contributed by atoms with Gasteiger partial charge in [-0.05, 0) is 80.7 Å². The summed E-state index contributed by atoms with van der Waals surface area (Å²) in [6, 6.07) is 11.0. The number of carbonyl (C=O) groups is 1. The molecule has 3 atom stereocenters. The molecule has 10 heteroatoms. The van der Waals surface area contributed by atoms with Crippen molar-refractivity contribution in [3.63, 3.8) is 0 Å². The molecule has 5 aromatic rings. The third-order valence-corrected chi connectivity index (χ3v) is 10.2. The van der Waals surface area contributed by atoms with Gasteiger partial charge >= 0.3 is 0 Å². The van der Waals surface area contributed by atoms with Crippen LogP contribution in [-0.4, -0.2) is 65.4 Å². The van der Waals surface area contributed by atoms with Crippen molar-refractivity contribution in [2.75, 3.05) is 13.7 Å². The first-order valence-electron chi connectivity index (χ1n) is 15.6. The maximum Gasteiger partial charge on any atom is 0.254 e. The summed E-state index contributed by atoms with van der Waals surface area (Å²) < 4.78 is 12.4. The van der Waals surface area contributed by atoms with E-state index in [1.54, 1.807) is 7.11 Å². The molecule has 5 heterocycles. The molecule has 1 aromatic carbocycles. The average molecular weight is 577 g/mol. The van der Waals surface area contributed by atoms with E-state index in [1.165, 1.54) is 25.7 Å². The molecule has 1 amide bonds. The van der Waals surface area contributed by atoms with E-state index >= 15 is 0 Å². The predicted octanol–water partition coefficient (Wildman–Crippen LogP) is 4.77. The number of fused-ring (bicyclic) bond motifs is 4. The number of benzene rings is 1. The first-order chi connectivity index (χ1) is 21.0. The van der Waals surface area contributed by atoms with Gasteiger partial charge in [0, 0.05) is 54.9 Å². The van der Waals surface area contributed by atoms with Crippen molar-refractivity contribution >= 4 is 28.0 Å². The summed E-state index contributed by atoms with van der Waals surface area (Å²) in [5.41, 5.74) is 12.6. The van der Waals surface area contributed by atoms with E-state index in [0.29, 0.717) is 29.2 Å². The highest BCUT2D eigenvalue weighted by atomic mass is 16.5. The number of hydrogen-bond donors (Lipinski definition) is 1. The van der Waals surface area contributed by atoms with Crippen LogP contribution < -0.4 is 10.5 Å². The van der Waals surface area contributed by atoms with Crippen LogP contribution in [0, 0.1) is 11.8 Å². The first kappa shape index (κ1) is 25.3. The highest BCUT2D eigenvalue weighted by molar-refractivity contribution is 6.00. The zero-order valence-electron chi connectivity index (χ0n) is 24.6. The molecule has 4 aliphatic rings. The second-order valence-corrected chi connectivity index (χ2v) is 13.1. The lowest BCUT2D eigenvalue weighted by atomic mass is 10.1. The van der Waals surface area contributed by atoms with Gasteiger partial charge in [0.25, 0.3) is 5.91 Å². The minimum Gasteiger partial charge on any atom is -0.494 e. The maximum absolute atomic E-state index is 13.7. The van der Waals surface area contributed by atoms with Crippen LogP contribution in [0.4, 0.5) is 0 Å². The third-order valence-electron chi connectivity index (χ3n) is 10.2. The summed E-state index contributed by atoms with van der Waals surface area (Å²) in [5.74, 6) is 2.54. The summed E-state index contributed by atoms with van der Waals surface area (Å²) in [7, 11) is 3.68. The molecule has 1 saturated heterocycles. The third kappa shape index (κ3) is 3.95. The van der Waals surface area contributed by atoms with Gasteiger partial charge in [-0.2, -0.15) is 5.10 Å². The van der Waals surface area contributed by atoms with Crippen LogP contribution in [-0.2, 0) is 13.6 Å². The first-order valence-corrected chi connectivity index (χ1v) is 15.6. The number of hydrogen-bond acceptors (Lipinski definition) is 6. The molecular weight excluding hydrogens is 540 g/mol. The number of nitrogens with zero attached hydrogens (tertiary/aromatic N) is 7. The van der Waals surface area contributed by atoms with Gasteiger partial charge in [0.2, 0.25) is 0 Å². The molecule has 3 saturated carbocycles. The zero-order chi connectivity index (χ0) is 29.0. The molecule has 4 aromatic heterocycles. The SMILES string of the molecule is COc1cc(C(=O)N2C[C@H]3CC[C@@H]2[C@@H]3N)cc2nc(-c3cc4ccc(-c5cnn(C6CC6)c5)nc4n3CC3CC3)n(C)c12. The summed E-state index contributed by atoms with van der Waals surface area (Å²) in [6.07, 6.45) is 11.0. The van der Waals surface area contributed by atoms with Gasteiger partial charge < -0.3 is 24.5 Å². The Morgan fingerprint density at radius 1 is 1.07 bits per heavy atom. The molecule has 3 aliphatic carbocycles. The molecule has 2 bridgehead atoms. The fourth-order valence-electron chi connectivity index (χ4n) is 7.49. The van der Waals surface area contributed by atoms with Gasteiger partial charge in [-0.1, -0.05) is 0 Å². The molecule has 0 spiro atoms. The van der Waals surface area contributed by atoms with E-state index in [0.717, 1.165) is 70.8 Å². The largest absolute Gasteiger partial charge is 0.494 e. The number of piperidine rings is 1. The van der Waals surface area contributed by atoms with Gasteiger partial charge in [-0.25, -0.2) is 9.97 Å². The minimum atomic E-state index is 0.0136. The number of methoxy groups -OCH3 is 1. The minimum absolute atomic E-state index is 0.0136. The van der Waals surface area contributed by atoms with Crippen molar-refractivity contribution in [1.82, 2.24) is 33.8 Å². The number of likely N-dealkylation sites (tertiary alicyclic amines) is 1. The van der Waals surface area contributed by atoms with Gasteiger partial charge in [0.05, 0.1) is 36.3 Å². The van der Waals surface area contributed by atoms with E-state index < -0.39 is 0 Å². The summed E-state index contributed by atoms with van der Waals surface area (Å²) in [5, 5.41) is 5.68. The summed E-state index contributed by atoms with van der Waals surface area (Å²) in [4.78, 5) is 26.0. The molecule has 2 N–H and O–H groups in total. The Morgan fingerprint density at radius 3 is 2.65 bits per heavy atom. The average Bonchev–Trinajstić information content (AvgIpc) is 3.86. The van der Waals surface area contributed by atoms with E-state index in [9.17, 15) is 4.79 Å². The van der Waals surface area contributed by atoms with Crippen molar-refractivity contribution in [2.24, 2.45) is 24.6 Å². The Balaban J connectivity index is 1.14. The Morgan fingerprint density at radius 2 is 1.93 bits per heavy atom. The van der Waals surface area contributed by atoms with Gasteiger partial charge in [-0.3, -0.25) is 9.48 Å². The number of aromatic nitrogens is 6. The quantitative estimate of drug-likeness (QED) is 0.299. The van der Waals surface area contributed by atoms with E-state index in [4.69, 9.17) is 20.4 Å². The number of pyridine rings is 1. The molecule has 9 rings (SSSR count). The number of rotatable bonds is 7. The van der Waals surface area contributed by atoms with Crippen LogP contribution >= 0.6 is 0 Å². The zero-order valence-corrected chi connectivity index (χ0v) is 24.6. The summed E-state index contributed by atoms with van der Waals surface area (Å²) in [6.45, 7) is 1.63. The molecule has 0 unspecified atom stereocenters. The molecule has 0 radical (unpaired) electrons.